The predicted octanol–water partition coefficient (Wildman–Crippen LogP) is 3.29. The highest BCUT2D eigenvalue weighted by Crippen LogP contribution is 2.22. The summed E-state index contributed by atoms with van der Waals surface area (Å²) in [6.07, 6.45) is -0.398. The van der Waals surface area contributed by atoms with Crippen molar-refractivity contribution in [1.29, 1.82) is 0 Å². The Bertz CT molecular complexity index is 1000. The van der Waals surface area contributed by atoms with Crippen molar-refractivity contribution in [1.82, 2.24) is 9.21 Å². The monoisotopic (exact) mass is 434 g/mol. The average molecular weight is 435 g/mol. The minimum absolute atomic E-state index is 0.0801. The van der Waals surface area contributed by atoms with Gasteiger partial charge in [0.25, 0.3) is 5.91 Å². The van der Waals surface area contributed by atoms with E-state index in [4.69, 9.17) is 4.74 Å². The molecule has 3 rings (SSSR count). The zero-order valence-electron chi connectivity index (χ0n) is 17.4. The summed E-state index contributed by atoms with van der Waals surface area (Å²) >= 11 is 0. The van der Waals surface area contributed by atoms with E-state index in [0.717, 1.165) is 0 Å². The van der Waals surface area contributed by atoms with Gasteiger partial charge >= 0.3 is 0 Å². The lowest BCUT2D eigenvalue weighted by molar-refractivity contribution is -0.0440. The Morgan fingerprint density at radius 1 is 1.13 bits per heavy atom. The second-order valence-electron chi connectivity index (χ2n) is 7.56. The van der Waals surface area contributed by atoms with Crippen LogP contribution in [0.4, 0.5) is 4.39 Å². The van der Waals surface area contributed by atoms with Gasteiger partial charge in [-0.1, -0.05) is 18.2 Å². The van der Waals surface area contributed by atoms with Crippen LogP contribution in [-0.4, -0.2) is 55.4 Å². The lowest BCUT2D eigenvalue weighted by Gasteiger charge is -2.34. The molecule has 0 bridgehead atoms. The summed E-state index contributed by atoms with van der Waals surface area (Å²) in [6.45, 7) is 6.69. The van der Waals surface area contributed by atoms with E-state index in [1.807, 2.05) is 20.8 Å². The molecule has 8 heteroatoms. The molecule has 2 aromatic rings. The summed E-state index contributed by atoms with van der Waals surface area (Å²) in [5, 5.41) is 0. The molecule has 30 heavy (non-hydrogen) atoms. The fourth-order valence-corrected chi connectivity index (χ4v) is 5.27. The predicted molar refractivity (Wildman–Crippen MR) is 112 cm³/mol. The van der Waals surface area contributed by atoms with Crippen LogP contribution in [0.5, 0.6) is 0 Å². The van der Waals surface area contributed by atoms with Crippen LogP contribution in [0.2, 0.25) is 0 Å². The van der Waals surface area contributed by atoms with Gasteiger partial charge in [0.15, 0.2) is 0 Å². The van der Waals surface area contributed by atoms with Gasteiger partial charge in [-0.25, -0.2) is 12.8 Å². The van der Waals surface area contributed by atoms with E-state index in [1.54, 1.807) is 29.2 Å². The summed E-state index contributed by atoms with van der Waals surface area (Å²) < 4.78 is 46.8. The largest absolute Gasteiger partial charge is 0.373 e. The summed E-state index contributed by atoms with van der Waals surface area (Å²) in [7, 11) is -3.75. The van der Waals surface area contributed by atoms with Crippen molar-refractivity contribution in [2.24, 2.45) is 0 Å². The zero-order valence-corrected chi connectivity index (χ0v) is 18.2. The SMILES string of the molecule is CCN(Cc1cccc(F)c1)C(=O)c1cccc(S(=O)(=O)N2CC(C)OC(C)C2)c1. The van der Waals surface area contributed by atoms with Crippen molar-refractivity contribution >= 4 is 15.9 Å². The molecular weight excluding hydrogens is 407 g/mol. The van der Waals surface area contributed by atoms with Crippen LogP contribution in [0, 0.1) is 5.82 Å². The lowest BCUT2D eigenvalue weighted by atomic mass is 10.1. The quantitative estimate of drug-likeness (QED) is 0.700. The third-order valence-corrected chi connectivity index (χ3v) is 6.86. The molecule has 1 aliphatic rings. The normalized spacial score (nSPS) is 20.1. The molecule has 1 amide bonds. The lowest BCUT2D eigenvalue weighted by Crippen LogP contribution is -2.48. The molecule has 1 aliphatic heterocycles. The Morgan fingerprint density at radius 3 is 2.43 bits per heavy atom. The molecular formula is C22H27FN2O4S. The highest BCUT2D eigenvalue weighted by molar-refractivity contribution is 7.89. The van der Waals surface area contributed by atoms with Gasteiger partial charge in [-0.05, 0) is 56.7 Å². The Morgan fingerprint density at radius 2 is 1.80 bits per heavy atom. The maximum Gasteiger partial charge on any atom is 0.254 e. The van der Waals surface area contributed by atoms with Gasteiger partial charge < -0.3 is 9.64 Å². The van der Waals surface area contributed by atoms with E-state index in [-0.39, 0.29) is 54.0 Å². The molecule has 0 aromatic heterocycles. The molecule has 1 fully saturated rings. The molecule has 2 atom stereocenters. The van der Waals surface area contributed by atoms with Gasteiger partial charge in [0.1, 0.15) is 5.82 Å². The van der Waals surface area contributed by atoms with Crippen LogP contribution in [0.15, 0.2) is 53.4 Å². The molecule has 1 heterocycles. The second-order valence-corrected chi connectivity index (χ2v) is 9.49. The maximum absolute atomic E-state index is 13.5. The van der Waals surface area contributed by atoms with Crippen LogP contribution in [0.25, 0.3) is 0 Å². The minimum Gasteiger partial charge on any atom is -0.373 e. The van der Waals surface area contributed by atoms with Gasteiger partial charge in [0.2, 0.25) is 10.0 Å². The fourth-order valence-electron chi connectivity index (χ4n) is 3.63. The number of carbonyl (C=O) groups excluding carboxylic acids is 1. The van der Waals surface area contributed by atoms with Crippen molar-refractivity contribution in [3.05, 3.63) is 65.5 Å². The van der Waals surface area contributed by atoms with E-state index in [0.29, 0.717) is 12.1 Å². The molecule has 6 nitrogen and oxygen atoms in total. The van der Waals surface area contributed by atoms with Crippen LogP contribution in [0.3, 0.4) is 0 Å². The second kappa shape index (κ2) is 9.24. The molecule has 2 aromatic carbocycles. The summed E-state index contributed by atoms with van der Waals surface area (Å²) in [5.41, 5.74) is 0.953. The Labute approximate surface area is 177 Å². The van der Waals surface area contributed by atoms with Crippen LogP contribution in [-0.2, 0) is 21.3 Å². The van der Waals surface area contributed by atoms with Gasteiger partial charge in [-0.3, -0.25) is 4.79 Å². The van der Waals surface area contributed by atoms with Gasteiger partial charge in [-0.15, -0.1) is 0 Å². The van der Waals surface area contributed by atoms with E-state index in [9.17, 15) is 17.6 Å². The topological polar surface area (TPSA) is 66.9 Å². The van der Waals surface area contributed by atoms with Gasteiger partial charge in [0.05, 0.1) is 17.1 Å². The molecule has 0 N–H and O–H groups in total. The van der Waals surface area contributed by atoms with Crippen LogP contribution in [0.1, 0.15) is 36.7 Å². The van der Waals surface area contributed by atoms with Crippen molar-refractivity contribution in [2.75, 3.05) is 19.6 Å². The van der Waals surface area contributed by atoms with Gasteiger partial charge in [0, 0.05) is 31.7 Å². The number of sulfonamides is 1. The number of nitrogens with zero attached hydrogens (tertiary/aromatic N) is 2. The summed E-state index contributed by atoms with van der Waals surface area (Å²) in [4.78, 5) is 14.7. The number of hydrogen-bond acceptors (Lipinski definition) is 4. The Kier molecular flexibility index (Phi) is 6.90. The molecule has 0 saturated carbocycles. The Balaban J connectivity index is 1.83. The first kappa shape index (κ1) is 22.4. The molecule has 0 spiro atoms. The Hall–Kier alpha value is -2.29. The number of amides is 1. The average Bonchev–Trinajstić information content (AvgIpc) is 2.71. The first-order chi connectivity index (χ1) is 14.2. The van der Waals surface area contributed by atoms with Crippen molar-refractivity contribution in [3.63, 3.8) is 0 Å². The smallest absolute Gasteiger partial charge is 0.254 e. The summed E-state index contributed by atoms with van der Waals surface area (Å²) in [6, 6.07) is 12.2. The number of ether oxygens (including phenoxy) is 1. The fraction of sp³-hybridized carbons (Fsp3) is 0.409. The number of benzene rings is 2. The summed E-state index contributed by atoms with van der Waals surface area (Å²) in [5.74, 6) is -0.666. The van der Waals surface area contributed by atoms with Crippen molar-refractivity contribution in [2.45, 2.75) is 44.4 Å². The number of halogens is 1. The number of rotatable bonds is 6. The van der Waals surface area contributed by atoms with Gasteiger partial charge in [-0.2, -0.15) is 4.31 Å². The van der Waals surface area contributed by atoms with E-state index in [1.165, 1.54) is 28.6 Å². The molecule has 0 aliphatic carbocycles. The number of morpholine rings is 1. The highest BCUT2D eigenvalue weighted by atomic mass is 32.2. The number of carbonyl (C=O) groups is 1. The third kappa shape index (κ3) is 5.06. The van der Waals surface area contributed by atoms with Crippen LogP contribution >= 0.6 is 0 Å². The first-order valence-corrected chi connectivity index (χ1v) is 11.4. The maximum atomic E-state index is 13.5. The molecule has 1 saturated heterocycles. The molecule has 162 valence electrons. The third-order valence-electron chi connectivity index (χ3n) is 5.04. The first-order valence-electron chi connectivity index (χ1n) is 10.00. The molecule has 0 radical (unpaired) electrons. The number of hydrogen-bond donors (Lipinski definition) is 0. The zero-order chi connectivity index (χ0) is 21.9. The van der Waals surface area contributed by atoms with E-state index in [2.05, 4.69) is 0 Å². The van der Waals surface area contributed by atoms with E-state index >= 15 is 0 Å². The minimum atomic E-state index is -3.75. The van der Waals surface area contributed by atoms with Crippen LogP contribution < -0.4 is 0 Å². The highest BCUT2D eigenvalue weighted by Gasteiger charge is 2.32. The van der Waals surface area contributed by atoms with Crippen molar-refractivity contribution in [3.8, 4) is 0 Å². The van der Waals surface area contributed by atoms with E-state index < -0.39 is 10.0 Å². The standard InChI is InChI=1S/C22H27FN2O4S/c1-4-24(15-18-7-5-9-20(23)11-18)22(26)19-8-6-10-21(12-19)30(27,28)25-13-16(2)29-17(3)14-25/h5-12,16-17H,4,13-15H2,1-3H3. The van der Waals surface area contributed by atoms with Crippen molar-refractivity contribution < 1.29 is 22.3 Å². The molecule has 2 unspecified atom stereocenters.